The van der Waals surface area contributed by atoms with Gasteiger partial charge in [0.1, 0.15) is 11.6 Å². The molecule has 2 rings (SSSR count). The fourth-order valence-corrected chi connectivity index (χ4v) is 2.63. The summed E-state index contributed by atoms with van der Waals surface area (Å²) >= 11 is 12.0. The van der Waals surface area contributed by atoms with Crippen LogP contribution in [-0.4, -0.2) is 50.1 Å². The van der Waals surface area contributed by atoms with Gasteiger partial charge in [0.25, 0.3) is 5.91 Å². The molecule has 0 unspecified atom stereocenters. The topological polar surface area (TPSA) is 80.2 Å². The van der Waals surface area contributed by atoms with E-state index in [4.69, 9.17) is 28.5 Å². The summed E-state index contributed by atoms with van der Waals surface area (Å²) < 4.78 is 0. The SMILES string of the molecule is N#C/C(=C/Nc1cccc(Cl)c1Cl)C(=O)NCCN1CCNCC1. The van der Waals surface area contributed by atoms with Crippen LogP contribution in [0.25, 0.3) is 0 Å². The summed E-state index contributed by atoms with van der Waals surface area (Å²) in [5.41, 5.74) is 0.511. The summed E-state index contributed by atoms with van der Waals surface area (Å²) in [5, 5.41) is 18.8. The zero-order valence-electron chi connectivity index (χ0n) is 13.1. The molecule has 0 spiro atoms. The van der Waals surface area contributed by atoms with E-state index in [1.54, 1.807) is 18.2 Å². The number of hydrogen-bond donors (Lipinski definition) is 3. The van der Waals surface area contributed by atoms with Crippen molar-refractivity contribution in [3.05, 3.63) is 40.0 Å². The van der Waals surface area contributed by atoms with Crippen LogP contribution in [0.5, 0.6) is 0 Å². The largest absolute Gasteiger partial charge is 0.359 e. The van der Waals surface area contributed by atoms with E-state index in [1.807, 2.05) is 6.07 Å². The Morgan fingerprint density at radius 3 is 2.83 bits per heavy atom. The summed E-state index contributed by atoms with van der Waals surface area (Å²) in [4.78, 5) is 14.3. The Bertz CT molecular complexity index is 650. The molecule has 1 fully saturated rings. The zero-order chi connectivity index (χ0) is 17.4. The van der Waals surface area contributed by atoms with Crippen molar-refractivity contribution in [2.45, 2.75) is 0 Å². The number of rotatable bonds is 6. The van der Waals surface area contributed by atoms with Crippen molar-refractivity contribution in [1.29, 1.82) is 5.26 Å². The van der Waals surface area contributed by atoms with Gasteiger partial charge in [-0.15, -0.1) is 0 Å². The smallest absolute Gasteiger partial charge is 0.263 e. The maximum atomic E-state index is 12.1. The zero-order valence-corrected chi connectivity index (χ0v) is 14.6. The van der Waals surface area contributed by atoms with Gasteiger partial charge in [-0.25, -0.2) is 0 Å². The normalized spacial score (nSPS) is 15.6. The number of nitriles is 1. The highest BCUT2D eigenvalue weighted by Crippen LogP contribution is 2.29. The molecule has 0 atom stereocenters. The second kappa shape index (κ2) is 9.50. The third kappa shape index (κ3) is 5.39. The number of nitrogens with zero attached hydrogens (tertiary/aromatic N) is 2. The Hall–Kier alpha value is -1.78. The average molecular weight is 368 g/mol. The van der Waals surface area contributed by atoms with Gasteiger partial charge in [0.2, 0.25) is 0 Å². The molecule has 0 saturated carbocycles. The Labute approximate surface area is 151 Å². The van der Waals surface area contributed by atoms with Crippen molar-refractivity contribution >= 4 is 34.8 Å². The molecule has 0 bridgehead atoms. The molecule has 1 saturated heterocycles. The Morgan fingerprint density at radius 1 is 1.38 bits per heavy atom. The lowest BCUT2D eigenvalue weighted by Gasteiger charge is -2.27. The van der Waals surface area contributed by atoms with E-state index < -0.39 is 5.91 Å². The van der Waals surface area contributed by atoms with Gasteiger partial charge in [0.05, 0.1) is 15.7 Å². The molecule has 1 amide bonds. The van der Waals surface area contributed by atoms with Gasteiger partial charge in [-0.2, -0.15) is 5.26 Å². The van der Waals surface area contributed by atoms with E-state index in [9.17, 15) is 4.79 Å². The highest BCUT2D eigenvalue weighted by atomic mass is 35.5. The molecule has 0 aromatic heterocycles. The van der Waals surface area contributed by atoms with E-state index >= 15 is 0 Å². The molecule has 6 nitrogen and oxygen atoms in total. The number of piperazine rings is 1. The first-order valence-electron chi connectivity index (χ1n) is 7.64. The second-order valence-corrected chi connectivity index (χ2v) is 6.05. The molecule has 8 heteroatoms. The third-order valence-electron chi connectivity index (χ3n) is 3.61. The Balaban J connectivity index is 1.86. The first kappa shape index (κ1) is 18.6. The van der Waals surface area contributed by atoms with Gasteiger partial charge in [-0.05, 0) is 12.1 Å². The number of amides is 1. The highest BCUT2D eigenvalue weighted by molar-refractivity contribution is 6.43. The van der Waals surface area contributed by atoms with Crippen molar-refractivity contribution in [2.75, 3.05) is 44.6 Å². The molecule has 1 aromatic rings. The molecule has 1 aromatic carbocycles. The molecular weight excluding hydrogens is 349 g/mol. The molecule has 128 valence electrons. The quantitative estimate of drug-likeness (QED) is 0.527. The number of nitrogens with one attached hydrogen (secondary N) is 3. The minimum Gasteiger partial charge on any atom is -0.359 e. The van der Waals surface area contributed by atoms with Crippen molar-refractivity contribution in [3.63, 3.8) is 0 Å². The van der Waals surface area contributed by atoms with E-state index in [0.29, 0.717) is 22.3 Å². The average Bonchev–Trinajstić information content (AvgIpc) is 2.60. The molecule has 1 heterocycles. The lowest BCUT2D eigenvalue weighted by atomic mass is 10.2. The van der Waals surface area contributed by atoms with E-state index in [-0.39, 0.29) is 5.57 Å². The lowest BCUT2D eigenvalue weighted by Crippen LogP contribution is -2.46. The predicted octanol–water partition coefficient (Wildman–Crippen LogP) is 1.83. The van der Waals surface area contributed by atoms with Crippen LogP contribution in [0.4, 0.5) is 5.69 Å². The molecule has 1 aliphatic heterocycles. The number of halogens is 2. The van der Waals surface area contributed by atoms with Crippen molar-refractivity contribution in [3.8, 4) is 6.07 Å². The highest BCUT2D eigenvalue weighted by Gasteiger charge is 2.12. The summed E-state index contributed by atoms with van der Waals surface area (Å²) in [6.45, 7) is 5.11. The lowest BCUT2D eigenvalue weighted by molar-refractivity contribution is -0.117. The number of anilines is 1. The Kier molecular flexibility index (Phi) is 7.35. The molecule has 1 aliphatic rings. The maximum absolute atomic E-state index is 12.1. The minimum absolute atomic E-state index is 0.0219. The maximum Gasteiger partial charge on any atom is 0.263 e. The van der Waals surface area contributed by atoms with Crippen molar-refractivity contribution in [2.24, 2.45) is 0 Å². The van der Waals surface area contributed by atoms with Gasteiger partial charge in [0, 0.05) is 45.5 Å². The van der Waals surface area contributed by atoms with E-state index in [0.717, 1.165) is 32.7 Å². The number of hydrogen-bond acceptors (Lipinski definition) is 5. The fraction of sp³-hybridized carbons (Fsp3) is 0.375. The van der Waals surface area contributed by atoms with Crippen LogP contribution in [0.1, 0.15) is 0 Å². The van der Waals surface area contributed by atoms with Gasteiger partial charge in [-0.1, -0.05) is 29.3 Å². The Morgan fingerprint density at radius 2 is 2.12 bits per heavy atom. The molecule has 0 radical (unpaired) electrons. The molecule has 3 N–H and O–H groups in total. The summed E-state index contributed by atoms with van der Waals surface area (Å²) in [6.07, 6.45) is 1.33. The van der Waals surface area contributed by atoms with Crippen molar-refractivity contribution in [1.82, 2.24) is 15.5 Å². The minimum atomic E-state index is -0.418. The fourth-order valence-electron chi connectivity index (χ4n) is 2.27. The van der Waals surface area contributed by atoms with Gasteiger partial charge >= 0.3 is 0 Å². The van der Waals surface area contributed by atoms with Crippen LogP contribution < -0.4 is 16.0 Å². The molecular formula is C16H19Cl2N5O. The standard InChI is InChI=1S/C16H19Cl2N5O/c17-13-2-1-3-14(15(13)18)22-11-12(10-19)16(24)21-6-9-23-7-4-20-5-8-23/h1-3,11,20,22H,4-9H2,(H,21,24)/b12-11-. The van der Waals surface area contributed by atoms with Crippen LogP contribution in [0.2, 0.25) is 10.0 Å². The van der Waals surface area contributed by atoms with Crippen LogP contribution in [0.15, 0.2) is 30.0 Å². The van der Waals surface area contributed by atoms with Crippen LogP contribution in [-0.2, 0) is 4.79 Å². The first-order chi connectivity index (χ1) is 11.6. The summed E-state index contributed by atoms with van der Waals surface area (Å²) in [5.74, 6) is -0.418. The number of carbonyl (C=O) groups excluding carboxylic acids is 1. The first-order valence-corrected chi connectivity index (χ1v) is 8.39. The molecule has 0 aliphatic carbocycles. The number of benzene rings is 1. The van der Waals surface area contributed by atoms with Gasteiger partial charge in [0.15, 0.2) is 0 Å². The van der Waals surface area contributed by atoms with Crippen LogP contribution in [0.3, 0.4) is 0 Å². The summed E-state index contributed by atoms with van der Waals surface area (Å²) in [7, 11) is 0. The molecule has 24 heavy (non-hydrogen) atoms. The van der Waals surface area contributed by atoms with Crippen LogP contribution >= 0.6 is 23.2 Å². The van der Waals surface area contributed by atoms with Crippen LogP contribution in [0, 0.1) is 11.3 Å². The number of carbonyl (C=O) groups is 1. The van der Waals surface area contributed by atoms with E-state index in [1.165, 1.54) is 6.20 Å². The van der Waals surface area contributed by atoms with Gasteiger partial charge in [-0.3, -0.25) is 9.69 Å². The van der Waals surface area contributed by atoms with Crippen molar-refractivity contribution < 1.29 is 4.79 Å². The predicted molar refractivity (Wildman–Crippen MR) is 96.1 cm³/mol. The van der Waals surface area contributed by atoms with Gasteiger partial charge < -0.3 is 16.0 Å². The summed E-state index contributed by atoms with van der Waals surface area (Å²) in [6, 6.07) is 6.98. The second-order valence-electron chi connectivity index (χ2n) is 5.26. The monoisotopic (exact) mass is 367 g/mol. The third-order valence-corrected chi connectivity index (χ3v) is 4.43. The van der Waals surface area contributed by atoms with E-state index in [2.05, 4.69) is 20.9 Å².